The number of ether oxygens (including phenoxy) is 1. The third-order valence-corrected chi connectivity index (χ3v) is 4.35. The van der Waals surface area contributed by atoms with Crippen molar-refractivity contribution < 1.29 is 13.2 Å². The summed E-state index contributed by atoms with van der Waals surface area (Å²) in [4.78, 5) is 0. The number of hydrogen-bond acceptors (Lipinski definition) is 3. The van der Waals surface area contributed by atoms with Crippen molar-refractivity contribution >= 4 is 21.6 Å². The van der Waals surface area contributed by atoms with Crippen LogP contribution in [0, 0.1) is 0 Å². The zero-order valence-corrected chi connectivity index (χ0v) is 11.7. The van der Waals surface area contributed by atoms with Crippen LogP contribution in [-0.4, -0.2) is 51.2 Å². The van der Waals surface area contributed by atoms with Crippen LogP contribution in [0.5, 0.6) is 0 Å². The van der Waals surface area contributed by atoms with Gasteiger partial charge in [-0.05, 0) is 19.8 Å². The summed E-state index contributed by atoms with van der Waals surface area (Å²) >= 11 is 5.54. The summed E-state index contributed by atoms with van der Waals surface area (Å²) in [6.45, 7) is 3.23. The zero-order valence-electron chi connectivity index (χ0n) is 10.1. The van der Waals surface area contributed by atoms with Gasteiger partial charge in [0.1, 0.15) is 0 Å². The van der Waals surface area contributed by atoms with Gasteiger partial charge >= 0.3 is 0 Å². The smallest absolute Gasteiger partial charge is 0.216 e. The Balaban J connectivity index is 3.81. The SMILES string of the molecule is CCOCCS(=O)(=O)N(C)CCCCCCl. The molecule has 0 radical (unpaired) electrons. The van der Waals surface area contributed by atoms with Crippen molar-refractivity contribution in [3.05, 3.63) is 0 Å². The van der Waals surface area contributed by atoms with E-state index in [1.165, 1.54) is 4.31 Å². The molecule has 0 aromatic rings. The lowest BCUT2D eigenvalue weighted by Crippen LogP contribution is -2.31. The van der Waals surface area contributed by atoms with Crippen LogP contribution >= 0.6 is 11.6 Å². The molecule has 0 aliphatic rings. The third-order valence-electron chi connectivity index (χ3n) is 2.27. The summed E-state index contributed by atoms with van der Waals surface area (Å²) in [5.74, 6) is 0.702. The van der Waals surface area contributed by atoms with Gasteiger partial charge < -0.3 is 4.74 Å². The first-order valence-electron chi connectivity index (χ1n) is 5.62. The predicted molar refractivity (Wildman–Crippen MR) is 67.5 cm³/mol. The van der Waals surface area contributed by atoms with E-state index in [9.17, 15) is 8.42 Å². The van der Waals surface area contributed by atoms with Crippen LogP contribution in [0.4, 0.5) is 0 Å². The van der Waals surface area contributed by atoms with E-state index in [-0.39, 0.29) is 12.4 Å². The van der Waals surface area contributed by atoms with E-state index in [4.69, 9.17) is 16.3 Å². The Hall–Kier alpha value is 0.160. The molecule has 0 spiro atoms. The van der Waals surface area contributed by atoms with Crippen molar-refractivity contribution in [3.8, 4) is 0 Å². The lowest BCUT2D eigenvalue weighted by Gasteiger charge is -2.16. The van der Waals surface area contributed by atoms with Crippen LogP contribution in [-0.2, 0) is 14.8 Å². The summed E-state index contributed by atoms with van der Waals surface area (Å²) in [6, 6.07) is 0. The van der Waals surface area contributed by atoms with Gasteiger partial charge in [0.15, 0.2) is 0 Å². The topological polar surface area (TPSA) is 46.6 Å². The maximum Gasteiger partial charge on any atom is 0.216 e. The number of rotatable bonds is 10. The molecule has 98 valence electrons. The van der Waals surface area contributed by atoms with E-state index in [1.54, 1.807) is 7.05 Å². The maximum absolute atomic E-state index is 11.7. The molecule has 6 heteroatoms. The number of unbranched alkanes of at least 4 members (excludes halogenated alkanes) is 2. The van der Waals surface area contributed by atoms with Crippen molar-refractivity contribution in [2.24, 2.45) is 0 Å². The summed E-state index contributed by atoms with van der Waals surface area (Å²) in [5, 5.41) is 0. The maximum atomic E-state index is 11.7. The minimum atomic E-state index is -3.14. The van der Waals surface area contributed by atoms with Crippen molar-refractivity contribution in [1.82, 2.24) is 4.31 Å². The number of halogens is 1. The average molecular weight is 272 g/mol. The standard InChI is InChI=1S/C10H22ClNO3S/c1-3-15-9-10-16(13,14)12(2)8-6-4-5-7-11/h3-10H2,1-2H3. The molecule has 0 fully saturated rings. The Bertz CT molecular complexity index is 257. The summed E-state index contributed by atoms with van der Waals surface area (Å²) in [6.07, 6.45) is 2.76. The van der Waals surface area contributed by atoms with E-state index >= 15 is 0 Å². The average Bonchev–Trinajstić information content (AvgIpc) is 2.24. The van der Waals surface area contributed by atoms with Crippen LogP contribution in [0.1, 0.15) is 26.2 Å². The Morgan fingerprint density at radius 3 is 2.50 bits per heavy atom. The summed E-state index contributed by atoms with van der Waals surface area (Å²) < 4.78 is 29.8. The molecule has 0 aliphatic heterocycles. The van der Waals surface area contributed by atoms with E-state index in [0.29, 0.717) is 19.0 Å². The van der Waals surface area contributed by atoms with Crippen molar-refractivity contribution in [2.75, 3.05) is 38.4 Å². The Morgan fingerprint density at radius 2 is 1.94 bits per heavy atom. The molecule has 0 saturated carbocycles. The van der Waals surface area contributed by atoms with Gasteiger partial charge in [0, 0.05) is 26.1 Å². The van der Waals surface area contributed by atoms with Gasteiger partial charge in [0.05, 0.1) is 12.4 Å². The lowest BCUT2D eigenvalue weighted by molar-refractivity contribution is 0.162. The fourth-order valence-corrected chi connectivity index (χ4v) is 2.45. The molecule has 0 aromatic carbocycles. The largest absolute Gasteiger partial charge is 0.381 e. The number of alkyl halides is 1. The number of sulfonamides is 1. The first-order chi connectivity index (χ1) is 7.54. The van der Waals surface area contributed by atoms with E-state index < -0.39 is 10.0 Å². The first-order valence-corrected chi connectivity index (χ1v) is 7.76. The van der Waals surface area contributed by atoms with E-state index in [0.717, 1.165) is 19.3 Å². The second-order valence-corrected chi connectivity index (χ2v) is 6.16. The molecule has 0 N–H and O–H groups in total. The Kier molecular flexibility index (Phi) is 9.31. The fraction of sp³-hybridized carbons (Fsp3) is 1.00. The molecule has 4 nitrogen and oxygen atoms in total. The van der Waals surface area contributed by atoms with Gasteiger partial charge in [-0.1, -0.05) is 6.42 Å². The van der Waals surface area contributed by atoms with E-state index in [1.807, 2.05) is 6.92 Å². The van der Waals surface area contributed by atoms with Gasteiger partial charge in [-0.25, -0.2) is 12.7 Å². The molecule has 0 bridgehead atoms. The highest BCUT2D eigenvalue weighted by Crippen LogP contribution is 2.03. The lowest BCUT2D eigenvalue weighted by atomic mass is 10.2. The molecule has 16 heavy (non-hydrogen) atoms. The molecule has 0 rings (SSSR count). The number of hydrogen-bond donors (Lipinski definition) is 0. The highest BCUT2D eigenvalue weighted by Gasteiger charge is 2.16. The fourth-order valence-electron chi connectivity index (χ4n) is 1.21. The minimum absolute atomic E-state index is 0.0623. The molecular weight excluding hydrogens is 250 g/mol. The van der Waals surface area contributed by atoms with Crippen LogP contribution in [0.15, 0.2) is 0 Å². The van der Waals surface area contributed by atoms with Gasteiger partial charge in [-0.15, -0.1) is 11.6 Å². The molecule has 0 amide bonds. The van der Waals surface area contributed by atoms with E-state index in [2.05, 4.69) is 0 Å². The Morgan fingerprint density at radius 1 is 1.25 bits per heavy atom. The monoisotopic (exact) mass is 271 g/mol. The first kappa shape index (κ1) is 16.2. The van der Waals surface area contributed by atoms with Gasteiger partial charge in [0.25, 0.3) is 0 Å². The zero-order chi connectivity index (χ0) is 12.4. The normalized spacial score (nSPS) is 12.2. The van der Waals surface area contributed by atoms with Crippen LogP contribution in [0.25, 0.3) is 0 Å². The molecule has 0 saturated heterocycles. The highest BCUT2D eigenvalue weighted by molar-refractivity contribution is 7.89. The molecule has 0 aliphatic carbocycles. The summed E-state index contributed by atoms with van der Waals surface area (Å²) in [7, 11) is -1.53. The van der Waals surface area contributed by atoms with Crippen LogP contribution in [0.3, 0.4) is 0 Å². The number of nitrogens with zero attached hydrogens (tertiary/aromatic N) is 1. The molecule has 0 aromatic heterocycles. The minimum Gasteiger partial charge on any atom is -0.381 e. The molecule has 0 unspecified atom stereocenters. The quantitative estimate of drug-likeness (QED) is 0.449. The van der Waals surface area contributed by atoms with Gasteiger partial charge in [0.2, 0.25) is 10.0 Å². The Labute approximate surface area is 104 Å². The van der Waals surface area contributed by atoms with Crippen molar-refractivity contribution in [2.45, 2.75) is 26.2 Å². The molecule has 0 heterocycles. The molecule has 0 atom stereocenters. The highest BCUT2D eigenvalue weighted by atomic mass is 35.5. The second kappa shape index (κ2) is 9.22. The molecular formula is C10H22ClNO3S. The van der Waals surface area contributed by atoms with Crippen LogP contribution < -0.4 is 0 Å². The third kappa shape index (κ3) is 7.44. The summed E-state index contributed by atoms with van der Waals surface area (Å²) in [5.41, 5.74) is 0. The predicted octanol–water partition coefficient (Wildman–Crippen LogP) is 1.69. The van der Waals surface area contributed by atoms with Crippen LogP contribution in [0.2, 0.25) is 0 Å². The van der Waals surface area contributed by atoms with Gasteiger partial charge in [-0.2, -0.15) is 0 Å². The second-order valence-electron chi connectivity index (χ2n) is 3.58. The van der Waals surface area contributed by atoms with Crippen molar-refractivity contribution in [3.63, 3.8) is 0 Å². The van der Waals surface area contributed by atoms with Crippen molar-refractivity contribution in [1.29, 1.82) is 0 Å². The van der Waals surface area contributed by atoms with Gasteiger partial charge in [-0.3, -0.25) is 0 Å².